The van der Waals surface area contributed by atoms with Gasteiger partial charge in [-0.25, -0.2) is 0 Å². The van der Waals surface area contributed by atoms with Crippen molar-refractivity contribution < 1.29 is 9.72 Å². The van der Waals surface area contributed by atoms with Gasteiger partial charge in [-0.1, -0.05) is 0 Å². The topological polar surface area (TPSA) is 108 Å². The average Bonchev–Trinajstić information content (AvgIpc) is 3.10. The Balaban J connectivity index is 2.01. The van der Waals surface area contributed by atoms with Crippen LogP contribution in [0.5, 0.6) is 0 Å². The molecule has 1 amide bonds. The fourth-order valence-electron chi connectivity index (χ4n) is 2.09. The smallest absolute Gasteiger partial charge is 0.309 e. The van der Waals surface area contributed by atoms with Gasteiger partial charge in [0.2, 0.25) is 5.91 Å². The van der Waals surface area contributed by atoms with E-state index in [1.165, 1.54) is 4.68 Å². The van der Waals surface area contributed by atoms with Crippen LogP contribution in [-0.2, 0) is 17.9 Å². The zero-order chi connectivity index (χ0) is 16.3. The molecule has 0 aliphatic carbocycles. The second-order valence-corrected chi connectivity index (χ2v) is 4.87. The van der Waals surface area contributed by atoms with E-state index in [4.69, 9.17) is 0 Å². The van der Waals surface area contributed by atoms with Crippen molar-refractivity contribution in [2.75, 3.05) is 0 Å². The lowest BCUT2D eigenvalue weighted by Gasteiger charge is -2.13. The molecule has 1 atom stereocenters. The summed E-state index contributed by atoms with van der Waals surface area (Å²) in [5, 5.41) is 21.8. The molecule has 0 saturated carbocycles. The number of amides is 1. The number of hydrogen-bond donors (Lipinski definition) is 1. The molecule has 22 heavy (non-hydrogen) atoms. The van der Waals surface area contributed by atoms with E-state index in [1.54, 1.807) is 18.5 Å². The number of nitrogens with one attached hydrogen (secondary N) is 1. The average molecular weight is 306 g/mol. The molecule has 0 aromatic carbocycles. The highest BCUT2D eigenvalue weighted by molar-refractivity contribution is 5.79. The maximum atomic E-state index is 12.1. The van der Waals surface area contributed by atoms with Crippen LogP contribution in [0.25, 0.3) is 0 Å². The van der Waals surface area contributed by atoms with Gasteiger partial charge in [0.1, 0.15) is 17.9 Å². The van der Waals surface area contributed by atoms with E-state index in [1.807, 2.05) is 19.2 Å². The molecule has 2 rings (SSSR count). The fourth-order valence-corrected chi connectivity index (χ4v) is 2.09. The summed E-state index contributed by atoms with van der Waals surface area (Å²) in [5.74, 6) is -0.271. The summed E-state index contributed by atoms with van der Waals surface area (Å²) >= 11 is 0. The molecule has 0 radical (unpaired) electrons. The highest BCUT2D eigenvalue weighted by Crippen LogP contribution is 2.19. The number of carbonyl (C=O) groups is 1. The summed E-state index contributed by atoms with van der Waals surface area (Å²) in [7, 11) is 0. The summed E-state index contributed by atoms with van der Waals surface area (Å²) in [4.78, 5) is 22.4. The van der Waals surface area contributed by atoms with E-state index in [9.17, 15) is 14.9 Å². The SMILES string of the molecule is CCn1ccc(CNC(=O)C(C)n2ncc([N+](=O)[O-])c2C)n1. The lowest BCUT2D eigenvalue weighted by molar-refractivity contribution is -0.385. The molecule has 118 valence electrons. The molecule has 2 aromatic rings. The van der Waals surface area contributed by atoms with Crippen molar-refractivity contribution in [3.8, 4) is 0 Å². The second-order valence-electron chi connectivity index (χ2n) is 4.87. The second kappa shape index (κ2) is 6.37. The van der Waals surface area contributed by atoms with Crippen molar-refractivity contribution in [3.63, 3.8) is 0 Å². The summed E-state index contributed by atoms with van der Waals surface area (Å²) in [6.45, 7) is 6.26. The standard InChI is InChI=1S/C13H18N6O3/c1-4-17-6-5-11(16-17)7-14-13(20)10(3)18-9(2)12(8-15-18)19(21)22/h5-6,8,10H,4,7H2,1-3H3,(H,14,20). The molecule has 9 heteroatoms. The normalized spacial score (nSPS) is 12.1. The zero-order valence-electron chi connectivity index (χ0n) is 12.7. The molecule has 0 bridgehead atoms. The molecule has 0 aliphatic heterocycles. The number of rotatable bonds is 6. The molecular weight excluding hydrogens is 288 g/mol. The van der Waals surface area contributed by atoms with E-state index in [-0.39, 0.29) is 11.6 Å². The first kappa shape index (κ1) is 15.7. The monoisotopic (exact) mass is 306 g/mol. The van der Waals surface area contributed by atoms with Crippen LogP contribution in [0.15, 0.2) is 18.5 Å². The van der Waals surface area contributed by atoms with Gasteiger partial charge in [0.05, 0.1) is 17.2 Å². The predicted molar refractivity (Wildman–Crippen MR) is 78.1 cm³/mol. The Hall–Kier alpha value is -2.71. The maximum Gasteiger partial charge on any atom is 0.309 e. The fraction of sp³-hybridized carbons (Fsp3) is 0.462. The molecule has 9 nitrogen and oxygen atoms in total. The summed E-state index contributed by atoms with van der Waals surface area (Å²) in [5.41, 5.74) is 1.01. The summed E-state index contributed by atoms with van der Waals surface area (Å²) in [6.07, 6.45) is 2.99. The Kier molecular flexibility index (Phi) is 4.54. The number of aryl methyl sites for hydroxylation is 1. The largest absolute Gasteiger partial charge is 0.349 e. The Bertz CT molecular complexity index is 690. The van der Waals surface area contributed by atoms with Crippen LogP contribution in [0.3, 0.4) is 0 Å². The first-order valence-electron chi connectivity index (χ1n) is 6.92. The molecule has 0 saturated heterocycles. The number of carbonyl (C=O) groups excluding carboxylic acids is 1. The molecule has 2 heterocycles. The van der Waals surface area contributed by atoms with Gasteiger partial charge in [0.25, 0.3) is 0 Å². The van der Waals surface area contributed by atoms with Crippen LogP contribution in [0, 0.1) is 17.0 Å². The lowest BCUT2D eigenvalue weighted by Crippen LogP contribution is -2.31. The molecule has 2 aromatic heterocycles. The first-order chi connectivity index (χ1) is 10.4. The van der Waals surface area contributed by atoms with Gasteiger partial charge in [-0.3, -0.25) is 24.3 Å². The predicted octanol–water partition coefficient (Wildman–Crippen LogP) is 1.19. The van der Waals surface area contributed by atoms with Crippen molar-refractivity contribution >= 4 is 11.6 Å². The minimum absolute atomic E-state index is 0.0960. The first-order valence-corrected chi connectivity index (χ1v) is 6.92. The molecule has 0 aliphatic rings. The van der Waals surface area contributed by atoms with E-state index in [0.29, 0.717) is 12.2 Å². The van der Waals surface area contributed by atoms with Gasteiger partial charge in [0.15, 0.2) is 0 Å². The number of nitrogens with zero attached hydrogens (tertiary/aromatic N) is 5. The molecule has 0 fully saturated rings. The Labute approximate surface area is 127 Å². The van der Waals surface area contributed by atoms with Crippen molar-refractivity contribution in [1.29, 1.82) is 0 Å². The maximum absolute atomic E-state index is 12.1. The van der Waals surface area contributed by atoms with Crippen LogP contribution in [0.1, 0.15) is 31.3 Å². The minimum atomic E-state index is -0.637. The van der Waals surface area contributed by atoms with E-state index in [2.05, 4.69) is 15.5 Å². The van der Waals surface area contributed by atoms with Gasteiger partial charge in [-0.2, -0.15) is 10.2 Å². The quantitative estimate of drug-likeness (QED) is 0.637. The molecular formula is C13H18N6O3. The number of aromatic nitrogens is 4. The van der Waals surface area contributed by atoms with Crippen LogP contribution >= 0.6 is 0 Å². The number of hydrogen-bond acceptors (Lipinski definition) is 5. The van der Waals surface area contributed by atoms with Gasteiger partial charge < -0.3 is 5.32 Å². The molecule has 1 N–H and O–H groups in total. The molecule has 1 unspecified atom stereocenters. The van der Waals surface area contributed by atoms with Crippen molar-refractivity contribution in [2.45, 2.75) is 39.9 Å². The van der Waals surface area contributed by atoms with Gasteiger partial charge in [0, 0.05) is 12.7 Å². The Morgan fingerprint density at radius 1 is 1.55 bits per heavy atom. The highest BCUT2D eigenvalue weighted by atomic mass is 16.6. The lowest BCUT2D eigenvalue weighted by atomic mass is 10.3. The van der Waals surface area contributed by atoms with E-state index >= 15 is 0 Å². The Morgan fingerprint density at radius 3 is 2.82 bits per heavy atom. The van der Waals surface area contributed by atoms with Crippen molar-refractivity contribution in [2.24, 2.45) is 0 Å². The Morgan fingerprint density at radius 2 is 2.27 bits per heavy atom. The van der Waals surface area contributed by atoms with Gasteiger partial charge >= 0.3 is 5.69 Å². The van der Waals surface area contributed by atoms with Gasteiger partial charge in [-0.15, -0.1) is 0 Å². The van der Waals surface area contributed by atoms with Crippen LogP contribution in [0.4, 0.5) is 5.69 Å². The third-order valence-electron chi connectivity index (χ3n) is 3.43. The minimum Gasteiger partial charge on any atom is -0.349 e. The van der Waals surface area contributed by atoms with Crippen LogP contribution < -0.4 is 5.32 Å². The van der Waals surface area contributed by atoms with Crippen LogP contribution in [-0.4, -0.2) is 30.4 Å². The highest BCUT2D eigenvalue weighted by Gasteiger charge is 2.23. The van der Waals surface area contributed by atoms with E-state index in [0.717, 1.165) is 18.4 Å². The van der Waals surface area contributed by atoms with Crippen molar-refractivity contribution in [1.82, 2.24) is 24.9 Å². The third kappa shape index (κ3) is 3.13. The third-order valence-corrected chi connectivity index (χ3v) is 3.43. The van der Waals surface area contributed by atoms with Crippen molar-refractivity contribution in [3.05, 3.63) is 40.0 Å². The summed E-state index contributed by atoms with van der Waals surface area (Å²) < 4.78 is 3.12. The molecule has 0 spiro atoms. The zero-order valence-corrected chi connectivity index (χ0v) is 12.7. The van der Waals surface area contributed by atoms with Crippen LogP contribution in [0.2, 0.25) is 0 Å². The van der Waals surface area contributed by atoms with E-state index < -0.39 is 11.0 Å². The summed E-state index contributed by atoms with van der Waals surface area (Å²) in [6, 6.07) is 1.19. The number of nitro groups is 1. The van der Waals surface area contributed by atoms with Gasteiger partial charge in [-0.05, 0) is 26.8 Å².